The van der Waals surface area contributed by atoms with Crippen LogP contribution in [0.4, 0.5) is 13.6 Å². The predicted octanol–water partition coefficient (Wildman–Crippen LogP) is 1.62. The number of carbonyl (C=O) groups excluding carboxylic acids is 1. The number of carboxylic acid groups (broad SMARTS) is 1. The fraction of sp³-hybridized carbons (Fsp3) is 0.800. The van der Waals surface area contributed by atoms with Gasteiger partial charge in [-0.1, -0.05) is 0 Å². The van der Waals surface area contributed by atoms with E-state index in [4.69, 9.17) is 5.11 Å². The molecule has 1 saturated carbocycles. The molecule has 17 heavy (non-hydrogen) atoms. The summed E-state index contributed by atoms with van der Waals surface area (Å²) in [4.78, 5) is 21.9. The van der Waals surface area contributed by atoms with Crippen molar-refractivity contribution < 1.29 is 28.2 Å². The van der Waals surface area contributed by atoms with Crippen molar-refractivity contribution in [2.75, 3.05) is 7.11 Å². The molecule has 0 unspecified atom stereocenters. The highest BCUT2D eigenvalue weighted by molar-refractivity contribution is 5.80. The average molecular weight is 251 g/mol. The van der Waals surface area contributed by atoms with Crippen molar-refractivity contribution in [1.29, 1.82) is 0 Å². The molecule has 1 aliphatic rings. The lowest BCUT2D eigenvalue weighted by molar-refractivity contribution is -0.142. The van der Waals surface area contributed by atoms with E-state index in [0.717, 1.165) is 7.11 Å². The number of halogens is 2. The summed E-state index contributed by atoms with van der Waals surface area (Å²) >= 11 is 0. The molecule has 1 amide bonds. The van der Waals surface area contributed by atoms with Gasteiger partial charge >= 0.3 is 12.1 Å². The smallest absolute Gasteiger partial charge is 0.407 e. The van der Waals surface area contributed by atoms with Crippen molar-refractivity contribution in [2.24, 2.45) is 5.92 Å². The third-order valence-electron chi connectivity index (χ3n) is 2.96. The standard InChI is InChI=1S/C10H15F2NO4/c1-17-9(16)13-7(8(14)15)6-2-4-10(11,12)5-3-6/h6-7H,2-5H2,1H3,(H,13,16)(H,14,15)/t7-/m0/s1. The van der Waals surface area contributed by atoms with E-state index >= 15 is 0 Å². The number of rotatable bonds is 3. The Morgan fingerprint density at radius 1 is 1.41 bits per heavy atom. The lowest BCUT2D eigenvalue weighted by Gasteiger charge is -2.31. The first kappa shape index (κ1) is 13.7. The van der Waals surface area contributed by atoms with Crippen molar-refractivity contribution in [3.8, 4) is 0 Å². The van der Waals surface area contributed by atoms with Crippen molar-refractivity contribution in [3.63, 3.8) is 0 Å². The monoisotopic (exact) mass is 251 g/mol. The summed E-state index contributed by atoms with van der Waals surface area (Å²) in [6, 6.07) is -1.17. The zero-order chi connectivity index (χ0) is 13.1. The number of alkyl carbamates (subject to hydrolysis) is 1. The molecule has 0 radical (unpaired) electrons. The number of hydrogen-bond acceptors (Lipinski definition) is 3. The van der Waals surface area contributed by atoms with Gasteiger partial charge in [0.2, 0.25) is 5.92 Å². The molecule has 5 nitrogen and oxygen atoms in total. The summed E-state index contributed by atoms with van der Waals surface area (Å²) in [7, 11) is 1.11. The summed E-state index contributed by atoms with van der Waals surface area (Å²) in [5.74, 6) is -4.43. The highest BCUT2D eigenvalue weighted by atomic mass is 19.3. The Hall–Kier alpha value is -1.40. The molecular formula is C10H15F2NO4. The Balaban J connectivity index is 2.60. The number of carboxylic acids is 1. The van der Waals surface area contributed by atoms with E-state index in [9.17, 15) is 18.4 Å². The fourth-order valence-electron chi connectivity index (χ4n) is 1.96. The van der Waals surface area contributed by atoms with Crippen LogP contribution in [-0.2, 0) is 9.53 Å². The number of amides is 1. The third kappa shape index (κ3) is 3.83. The third-order valence-corrected chi connectivity index (χ3v) is 2.96. The van der Waals surface area contributed by atoms with Crippen molar-refractivity contribution in [2.45, 2.75) is 37.6 Å². The van der Waals surface area contributed by atoms with Crippen LogP contribution in [0.25, 0.3) is 0 Å². The van der Waals surface area contributed by atoms with E-state index in [1.54, 1.807) is 0 Å². The first-order valence-corrected chi connectivity index (χ1v) is 5.31. The van der Waals surface area contributed by atoms with Gasteiger partial charge in [0.15, 0.2) is 0 Å². The molecule has 0 aromatic heterocycles. The quantitative estimate of drug-likeness (QED) is 0.799. The van der Waals surface area contributed by atoms with Gasteiger partial charge in [-0.3, -0.25) is 0 Å². The molecule has 0 saturated heterocycles. The molecule has 1 rings (SSSR count). The topological polar surface area (TPSA) is 75.6 Å². The number of hydrogen-bond donors (Lipinski definition) is 2. The fourth-order valence-corrected chi connectivity index (χ4v) is 1.96. The minimum absolute atomic E-state index is 0.0773. The molecule has 0 bridgehead atoms. The SMILES string of the molecule is COC(=O)N[C@H](C(=O)O)C1CCC(F)(F)CC1. The molecule has 0 aromatic carbocycles. The van der Waals surface area contributed by atoms with E-state index in [1.165, 1.54) is 0 Å². The average Bonchev–Trinajstić information content (AvgIpc) is 2.26. The molecule has 0 aromatic rings. The number of carbonyl (C=O) groups is 2. The molecule has 98 valence electrons. The van der Waals surface area contributed by atoms with Gasteiger partial charge < -0.3 is 15.2 Å². The van der Waals surface area contributed by atoms with Crippen LogP contribution >= 0.6 is 0 Å². The van der Waals surface area contributed by atoms with Crippen LogP contribution in [0.2, 0.25) is 0 Å². The Bertz CT molecular complexity index is 299. The number of methoxy groups -OCH3 is 1. The molecule has 0 spiro atoms. The maximum atomic E-state index is 12.9. The number of alkyl halides is 2. The van der Waals surface area contributed by atoms with Crippen LogP contribution in [0.5, 0.6) is 0 Å². The van der Waals surface area contributed by atoms with Gasteiger partial charge in [-0.15, -0.1) is 0 Å². The van der Waals surface area contributed by atoms with Gasteiger partial charge in [0.25, 0.3) is 0 Å². The molecule has 1 atom stereocenters. The maximum Gasteiger partial charge on any atom is 0.407 e. The lowest BCUT2D eigenvalue weighted by Crippen LogP contribution is -2.47. The van der Waals surface area contributed by atoms with E-state index in [0.29, 0.717) is 0 Å². The normalized spacial score (nSPS) is 21.6. The van der Waals surface area contributed by atoms with Crippen LogP contribution < -0.4 is 5.32 Å². The number of aliphatic carboxylic acids is 1. The molecular weight excluding hydrogens is 236 g/mol. The minimum Gasteiger partial charge on any atom is -0.480 e. The summed E-state index contributed by atoms with van der Waals surface area (Å²) in [6.07, 6.45) is -1.40. The first-order chi connectivity index (χ1) is 7.85. The molecule has 1 fully saturated rings. The van der Waals surface area contributed by atoms with Gasteiger partial charge in [-0.2, -0.15) is 0 Å². The predicted molar refractivity (Wildman–Crippen MR) is 53.9 cm³/mol. The Kier molecular flexibility index (Phi) is 4.25. The molecule has 1 aliphatic carbocycles. The van der Waals surface area contributed by atoms with Crippen LogP contribution in [0.3, 0.4) is 0 Å². The van der Waals surface area contributed by atoms with E-state index in [2.05, 4.69) is 10.1 Å². The first-order valence-electron chi connectivity index (χ1n) is 5.31. The van der Waals surface area contributed by atoms with Crippen LogP contribution in [0, 0.1) is 5.92 Å². The summed E-state index contributed by atoms with van der Waals surface area (Å²) < 4.78 is 30.1. The van der Waals surface area contributed by atoms with Crippen LogP contribution in [-0.4, -0.2) is 36.2 Å². The molecule has 7 heteroatoms. The second kappa shape index (κ2) is 5.29. The molecule has 2 N–H and O–H groups in total. The largest absolute Gasteiger partial charge is 0.480 e. The lowest BCUT2D eigenvalue weighted by atomic mass is 9.82. The highest BCUT2D eigenvalue weighted by Crippen LogP contribution is 2.37. The van der Waals surface area contributed by atoms with Gasteiger partial charge in [0, 0.05) is 12.8 Å². The van der Waals surface area contributed by atoms with E-state index < -0.39 is 29.9 Å². The van der Waals surface area contributed by atoms with Gasteiger partial charge in [-0.25, -0.2) is 18.4 Å². The number of ether oxygens (including phenoxy) is 1. The highest BCUT2D eigenvalue weighted by Gasteiger charge is 2.40. The maximum absolute atomic E-state index is 12.9. The van der Waals surface area contributed by atoms with Crippen molar-refractivity contribution in [1.82, 2.24) is 5.32 Å². The van der Waals surface area contributed by atoms with Crippen molar-refractivity contribution in [3.05, 3.63) is 0 Å². The number of nitrogens with one attached hydrogen (secondary N) is 1. The molecule has 0 aliphatic heterocycles. The summed E-state index contributed by atoms with van der Waals surface area (Å²) in [5, 5.41) is 11.1. The Morgan fingerprint density at radius 2 is 1.94 bits per heavy atom. The second-order valence-corrected chi connectivity index (χ2v) is 4.15. The van der Waals surface area contributed by atoms with Gasteiger partial charge in [0.1, 0.15) is 6.04 Å². The van der Waals surface area contributed by atoms with Gasteiger partial charge in [0.05, 0.1) is 7.11 Å². The Morgan fingerprint density at radius 3 is 2.35 bits per heavy atom. The zero-order valence-corrected chi connectivity index (χ0v) is 9.41. The summed E-state index contributed by atoms with van der Waals surface area (Å²) in [6.45, 7) is 0. The molecule has 0 heterocycles. The Labute approximate surface area is 97.1 Å². The van der Waals surface area contributed by atoms with Crippen LogP contribution in [0.15, 0.2) is 0 Å². The minimum atomic E-state index is -2.72. The van der Waals surface area contributed by atoms with Crippen molar-refractivity contribution >= 4 is 12.1 Å². The van der Waals surface area contributed by atoms with Crippen LogP contribution in [0.1, 0.15) is 25.7 Å². The van der Waals surface area contributed by atoms with Gasteiger partial charge in [-0.05, 0) is 18.8 Å². The second-order valence-electron chi connectivity index (χ2n) is 4.15. The zero-order valence-electron chi connectivity index (χ0n) is 9.41. The van der Waals surface area contributed by atoms with E-state index in [1.807, 2.05) is 0 Å². The van der Waals surface area contributed by atoms with E-state index in [-0.39, 0.29) is 25.7 Å². The summed E-state index contributed by atoms with van der Waals surface area (Å²) in [5.41, 5.74) is 0.